The number of hydrogen-bond donors (Lipinski definition) is 1. The summed E-state index contributed by atoms with van der Waals surface area (Å²) in [6.07, 6.45) is 5.47. The number of hydrogen-bond acceptors (Lipinski definition) is 3. The number of carbonyl (C=O) groups is 1. The van der Waals surface area contributed by atoms with Crippen molar-refractivity contribution in [2.45, 2.75) is 25.8 Å². The Morgan fingerprint density at radius 2 is 1.83 bits per heavy atom. The van der Waals surface area contributed by atoms with Gasteiger partial charge in [0.1, 0.15) is 11.6 Å². The fourth-order valence-corrected chi connectivity index (χ4v) is 3.95. The number of nitrogens with one attached hydrogen (secondary N) is 1. The highest BCUT2D eigenvalue weighted by Crippen LogP contribution is 2.29. The molecule has 5 nitrogen and oxygen atoms in total. The van der Waals surface area contributed by atoms with E-state index >= 15 is 0 Å². The molecule has 0 saturated carbocycles. The van der Waals surface area contributed by atoms with Gasteiger partial charge in [-0.15, -0.1) is 0 Å². The van der Waals surface area contributed by atoms with E-state index in [0.29, 0.717) is 5.75 Å². The molecule has 2 heterocycles. The SMILES string of the molecule is O=C(COc1ccc2ccccc2c1)Nc1ccccc1-c1cn2c(n1)CCCC2. The standard InChI is InChI=1S/C25H23N3O2/c29-25(17-30-20-13-12-18-7-1-2-8-19(18)15-20)27-22-10-4-3-9-21(22)23-16-28-14-6-5-11-24(28)26-23/h1-4,7-10,12-13,15-16H,5-6,11,14,17H2,(H,27,29). The molecule has 0 spiro atoms. The van der Waals surface area contributed by atoms with Crippen molar-refractivity contribution in [1.29, 1.82) is 0 Å². The van der Waals surface area contributed by atoms with Crippen LogP contribution in [-0.2, 0) is 17.8 Å². The van der Waals surface area contributed by atoms with Crippen molar-refractivity contribution < 1.29 is 9.53 Å². The van der Waals surface area contributed by atoms with Gasteiger partial charge in [-0.05, 0) is 41.8 Å². The van der Waals surface area contributed by atoms with Crippen LogP contribution in [-0.4, -0.2) is 22.1 Å². The number of fused-ring (bicyclic) bond motifs is 2. The summed E-state index contributed by atoms with van der Waals surface area (Å²) in [5.41, 5.74) is 2.58. The molecule has 0 atom stereocenters. The summed E-state index contributed by atoms with van der Waals surface area (Å²) >= 11 is 0. The molecule has 0 unspecified atom stereocenters. The minimum atomic E-state index is -0.195. The first kappa shape index (κ1) is 18.4. The molecule has 0 fully saturated rings. The number of aryl methyl sites for hydroxylation is 2. The number of para-hydroxylation sites is 1. The van der Waals surface area contributed by atoms with Gasteiger partial charge in [0.2, 0.25) is 0 Å². The van der Waals surface area contributed by atoms with Gasteiger partial charge in [-0.3, -0.25) is 4.79 Å². The third kappa shape index (κ3) is 3.79. The van der Waals surface area contributed by atoms with Gasteiger partial charge in [0.25, 0.3) is 5.91 Å². The number of nitrogens with zero attached hydrogens (tertiary/aromatic N) is 2. The number of ether oxygens (including phenoxy) is 1. The van der Waals surface area contributed by atoms with Gasteiger partial charge in [0, 0.05) is 24.7 Å². The Hall–Kier alpha value is -3.60. The highest BCUT2D eigenvalue weighted by Gasteiger charge is 2.16. The van der Waals surface area contributed by atoms with Crippen molar-refractivity contribution in [3.05, 3.63) is 78.8 Å². The molecule has 0 aliphatic carbocycles. The summed E-state index contributed by atoms with van der Waals surface area (Å²) in [6, 6.07) is 21.7. The molecule has 1 amide bonds. The van der Waals surface area contributed by atoms with Crippen molar-refractivity contribution in [1.82, 2.24) is 9.55 Å². The number of amides is 1. The predicted octanol–water partition coefficient (Wildman–Crippen LogP) is 5.06. The van der Waals surface area contributed by atoms with Crippen molar-refractivity contribution in [3.8, 4) is 17.0 Å². The molecule has 5 rings (SSSR count). The van der Waals surface area contributed by atoms with Crippen molar-refractivity contribution in [2.24, 2.45) is 0 Å². The molecule has 3 aromatic carbocycles. The van der Waals surface area contributed by atoms with Gasteiger partial charge < -0.3 is 14.6 Å². The topological polar surface area (TPSA) is 56.1 Å². The fraction of sp³-hybridized carbons (Fsp3) is 0.200. The molecule has 1 aliphatic rings. The average Bonchev–Trinajstić information content (AvgIpc) is 3.22. The minimum absolute atomic E-state index is 0.0492. The first-order chi connectivity index (χ1) is 14.8. The molecule has 1 aromatic heterocycles. The Kier molecular flexibility index (Phi) is 4.93. The molecular formula is C25H23N3O2. The number of carbonyl (C=O) groups excluding carboxylic acids is 1. The van der Waals surface area contributed by atoms with E-state index in [1.165, 1.54) is 12.8 Å². The summed E-state index contributed by atoms with van der Waals surface area (Å²) < 4.78 is 7.95. The monoisotopic (exact) mass is 397 g/mol. The maximum atomic E-state index is 12.6. The second kappa shape index (κ2) is 8.03. The lowest BCUT2D eigenvalue weighted by molar-refractivity contribution is -0.118. The number of anilines is 1. The van der Waals surface area contributed by atoms with E-state index in [4.69, 9.17) is 9.72 Å². The first-order valence-electron chi connectivity index (χ1n) is 10.3. The van der Waals surface area contributed by atoms with Crippen molar-refractivity contribution >= 4 is 22.4 Å². The first-order valence-corrected chi connectivity index (χ1v) is 10.3. The zero-order chi connectivity index (χ0) is 20.3. The summed E-state index contributed by atoms with van der Waals surface area (Å²) in [5, 5.41) is 5.22. The number of aromatic nitrogens is 2. The van der Waals surface area contributed by atoms with Crippen LogP contribution < -0.4 is 10.1 Å². The Morgan fingerprint density at radius 1 is 1.00 bits per heavy atom. The molecule has 0 bridgehead atoms. The summed E-state index contributed by atoms with van der Waals surface area (Å²) in [5.74, 6) is 1.61. The Bertz CT molecular complexity index is 1190. The minimum Gasteiger partial charge on any atom is -0.484 e. The highest BCUT2D eigenvalue weighted by molar-refractivity contribution is 5.96. The molecule has 30 heavy (non-hydrogen) atoms. The molecule has 4 aromatic rings. The highest BCUT2D eigenvalue weighted by atomic mass is 16.5. The van der Waals surface area contributed by atoms with E-state index in [1.807, 2.05) is 60.7 Å². The normalized spacial score (nSPS) is 13.1. The van der Waals surface area contributed by atoms with Gasteiger partial charge in [-0.1, -0.05) is 48.5 Å². The summed E-state index contributed by atoms with van der Waals surface area (Å²) in [6.45, 7) is 0.961. The molecule has 5 heteroatoms. The maximum Gasteiger partial charge on any atom is 0.262 e. The molecular weight excluding hydrogens is 374 g/mol. The van der Waals surface area contributed by atoms with Crippen molar-refractivity contribution in [3.63, 3.8) is 0 Å². The molecule has 0 saturated heterocycles. The van der Waals surface area contributed by atoms with Gasteiger partial charge in [0.05, 0.1) is 11.4 Å². The van der Waals surface area contributed by atoms with E-state index in [1.54, 1.807) is 0 Å². The smallest absolute Gasteiger partial charge is 0.262 e. The Labute approximate surface area is 175 Å². The van der Waals surface area contributed by atoms with Crippen LogP contribution in [0.5, 0.6) is 5.75 Å². The molecule has 1 N–H and O–H groups in total. The van der Waals surface area contributed by atoms with E-state index in [-0.39, 0.29) is 12.5 Å². The fourth-order valence-electron chi connectivity index (χ4n) is 3.95. The van der Waals surface area contributed by atoms with Gasteiger partial charge in [-0.2, -0.15) is 0 Å². The Morgan fingerprint density at radius 3 is 2.73 bits per heavy atom. The second-order valence-electron chi connectivity index (χ2n) is 7.58. The van der Waals surface area contributed by atoms with E-state index in [0.717, 1.165) is 46.5 Å². The number of rotatable bonds is 5. The predicted molar refractivity (Wildman–Crippen MR) is 119 cm³/mol. The van der Waals surface area contributed by atoms with Crippen molar-refractivity contribution in [2.75, 3.05) is 11.9 Å². The lowest BCUT2D eigenvalue weighted by Gasteiger charge is -2.11. The Balaban J connectivity index is 1.29. The van der Waals surface area contributed by atoms with Crippen LogP contribution in [0.4, 0.5) is 5.69 Å². The maximum absolute atomic E-state index is 12.6. The summed E-state index contributed by atoms with van der Waals surface area (Å²) in [7, 11) is 0. The van der Waals surface area contributed by atoms with Crippen LogP contribution >= 0.6 is 0 Å². The average molecular weight is 397 g/mol. The van der Waals surface area contributed by atoms with Crippen LogP contribution in [0.1, 0.15) is 18.7 Å². The third-order valence-electron chi connectivity index (χ3n) is 5.48. The van der Waals surface area contributed by atoms with E-state index in [2.05, 4.69) is 22.1 Å². The summed E-state index contributed by atoms with van der Waals surface area (Å²) in [4.78, 5) is 17.4. The number of imidazole rings is 1. The molecule has 150 valence electrons. The number of benzene rings is 3. The molecule has 1 aliphatic heterocycles. The van der Waals surface area contributed by atoms with Crippen LogP contribution in [0.3, 0.4) is 0 Å². The van der Waals surface area contributed by atoms with Crippen LogP contribution in [0, 0.1) is 0 Å². The molecule has 0 radical (unpaired) electrons. The van der Waals surface area contributed by atoms with Gasteiger partial charge >= 0.3 is 0 Å². The third-order valence-corrected chi connectivity index (χ3v) is 5.48. The largest absolute Gasteiger partial charge is 0.484 e. The van der Waals surface area contributed by atoms with Crippen LogP contribution in [0.25, 0.3) is 22.0 Å². The lowest BCUT2D eigenvalue weighted by Crippen LogP contribution is -2.20. The quantitative estimate of drug-likeness (QED) is 0.512. The van der Waals surface area contributed by atoms with E-state index < -0.39 is 0 Å². The van der Waals surface area contributed by atoms with E-state index in [9.17, 15) is 4.79 Å². The van der Waals surface area contributed by atoms with Crippen LogP contribution in [0.15, 0.2) is 72.9 Å². The van der Waals surface area contributed by atoms with Crippen LogP contribution in [0.2, 0.25) is 0 Å². The lowest BCUT2D eigenvalue weighted by atomic mass is 10.1. The zero-order valence-electron chi connectivity index (χ0n) is 16.7. The second-order valence-corrected chi connectivity index (χ2v) is 7.58. The van der Waals surface area contributed by atoms with Gasteiger partial charge in [-0.25, -0.2) is 4.98 Å². The van der Waals surface area contributed by atoms with Gasteiger partial charge in [0.15, 0.2) is 6.61 Å². The zero-order valence-corrected chi connectivity index (χ0v) is 16.7.